The van der Waals surface area contributed by atoms with E-state index in [2.05, 4.69) is 11.1 Å². The number of hydrogen-bond acceptors (Lipinski definition) is 7. The Morgan fingerprint density at radius 2 is 2.28 bits per heavy atom. The molecule has 0 bridgehead atoms. The van der Waals surface area contributed by atoms with Crippen molar-refractivity contribution in [3.8, 4) is 16.5 Å². The van der Waals surface area contributed by atoms with Crippen LogP contribution in [0.15, 0.2) is 23.7 Å². The highest BCUT2D eigenvalue weighted by molar-refractivity contribution is 7.23. The summed E-state index contributed by atoms with van der Waals surface area (Å²) in [6.45, 7) is 0.614. The zero-order chi connectivity index (χ0) is 17.6. The molecule has 1 amide bonds. The Balaban J connectivity index is 1.76. The van der Waals surface area contributed by atoms with Crippen LogP contribution in [0.25, 0.3) is 20.5 Å². The maximum absolute atomic E-state index is 11.6. The number of nitrogens with zero attached hydrogens (tertiary/aromatic N) is 2. The minimum atomic E-state index is -0.520. The normalized spacial score (nSPS) is 20.0. The van der Waals surface area contributed by atoms with Crippen LogP contribution >= 0.6 is 22.7 Å². The second-order valence-electron chi connectivity index (χ2n) is 5.83. The SMILES string of the molecule is N#CC1CCOC1c1cc(-c2cc3c(N)ncc(C(N)=O)c3s2)cs1. The maximum Gasteiger partial charge on any atom is 0.251 e. The summed E-state index contributed by atoms with van der Waals surface area (Å²) in [5.41, 5.74) is 12.8. The summed E-state index contributed by atoms with van der Waals surface area (Å²) in [5.74, 6) is -0.245. The van der Waals surface area contributed by atoms with Gasteiger partial charge in [-0.3, -0.25) is 4.79 Å². The number of pyridine rings is 1. The number of amides is 1. The first-order chi connectivity index (χ1) is 12.1. The Bertz CT molecular complexity index is 1020. The molecule has 4 N–H and O–H groups in total. The first-order valence-corrected chi connectivity index (χ1v) is 9.36. The van der Waals surface area contributed by atoms with Gasteiger partial charge in [0.05, 0.1) is 22.3 Å². The second kappa shape index (κ2) is 6.11. The molecule has 6 nitrogen and oxygen atoms in total. The molecular weight excluding hydrogens is 356 g/mol. The standard InChI is InChI=1S/C17H14N4O2S2/c18-5-8-1-2-23-14(8)13-3-9(7-24-13)12-4-10-15(25-12)11(17(20)22)6-21-16(10)19/h3-4,6-8,14H,1-2H2,(H2,19,21)(H2,20,22). The second-order valence-corrected chi connectivity index (χ2v) is 7.82. The van der Waals surface area contributed by atoms with Crippen LogP contribution in [0.5, 0.6) is 0 Å². The molecule has 3 aromatic rings. The molecule has 1 fully saturated rings. The highest BCUT2D eigenvalue weighted by atomic mass is 32.1. The van der Waals surface area contributed by atoms with E-state index in [9.17, 15) is 10.1 Å². The van der Waals surface area contributed by atoms with Crippen molar-refractivity contribution in [2.75, 3.05) is 12.3 Å². The van der Waals surface area contributed by atoms with Gasteiger partial charge < -0.3 is 16.2 Å². The van der Waals surface area contributed by atoms with Crippen molar-refractivity contribution in [2.24, 2.45) is 11.7 Å². The number of hydrogen-bond donors (Lipinski definition) is 2. The van der Waals surface area contributed by atoms with E-state index in [1.165, 1.54) is 17.5 Å². The zero-order valence-electron chi connectivity index (χ0n) is 13.1. The summed E-state index contributed by atoms with van der Waals surface area (Å²) in [5, 5.41) is 12.0. The summed E-state index contributed by atoms with van der Waals surface area (Å²) in [7, 11) is 0. The quantitative estimate of drug-likeness (QED) is 0.734. The van der Waals surface area contributed by atoms with Crippen LogP contribution in [0.1, 0.15) is 27.8 Å². The minimum Gasteiger partial charge on any atom is -0.383 e. The Morgan fingerprint density at radius 3 is 3.04 bits per heavy atom. The summed E-state index contributed by atoms with van der Waals surface area (Å²) >= 11 is 3.04. The lowest BCUT2D eigenvalue weighted by atomic mass is 10.0. The number of nitrogens with two attached hydrogens (primary N) is 2. The molecule has 0 spiro atoms. The van der Waals surface area contributed by atoms with Crippen LogP contribution in [0, 0.1) is 17.2 Å². The van der Waals surface area contributed by atoms with Crippen LogP contribution in [0.4, 0.5) is 5.82 Å². The summed E-state index contributed by atoms with van der Waals surface area (Å²) in [6.07, 6.45) is 2.02. The van der Waals surface area contributed by atoms with E-state index in [1.54, 1.807) is 11.3 Å². The van der Waals surface area contributed by atoms with E-state index in [-0.39, 0.29) is 12.0 Å². The molecule has 126 valence electrons. The van der Waals surface area contributed by atoms with Gasteiger partial charge in [-0.2, -0.15) is 5.26 Å². The number of rotatable bonds is 3. The number of carbonyl (C=O) groups excluding carboxylic acids is 1. The van der Waals surface area contributed by atoms with Crippen molar-refractivity contribution < 1.29 is 9.53 Å². The number of ether oxygens (including phenoxy) is 1. The molecule has 4 rings (SSSR count). The maximum atomic E-state index is 11.6. The van der Waals surface area contributed by atoms with E-state index >= 15 is 0 Å². The monoisotopic (exact) mass is 370 g/mol. The molecule has 1 saturated heterocycles. The third-order valence-electron chi connectivity index (χ3n) is 4.29. The highest BCUT2D eigenvalue weighted by Gasteiger charge is 2.31. The lowest BCUT2D eigenvalue weighted by molar-refractivity contribution is 0.100. The number of fused-ring (bicyclic) bond motifs is 1. The molecule has 25 heavy (non-hydrogen) atoms. The number of nitriles is 1. The van der Waals surface area contributed by atoms with Gasteiger partial charge in [-0.1, -0.05) is 0 Å². The molecule has 0 saturated carbocycles. The Hall–Kier alpha value is -2.47. The molecule has 0 aliphatic carbocycles. The molecule has 0 radical (unpaired) electrons. The van der Waals surface area contributed by atoms with E-state index in [0.29, 0.717) is 18.0 Å². The topological polar surface area (TPSA) is 115 Å². The van der Waals surface area contributed by atoms with Crippen molar-refractivity contribution >= 4 is 44.5 Å². The van der Waals surface area contributed by atoms with Gasteiger partial charge in [0.15, 0.2) is 0 Å². The smallest absolute Gasteiger partial charge is 0.251 e. The molecule has 1 aliphatic rings. The highest BCUT2D eigenvalue weighted by Crippen LogP contribution is 2.42. The van der Waals surface area contributed by atoms with Crippen molar-refractivity contribution in [1.29, 1.82) is 5.26 Å². The predicted octanol–water partition coefficient (Wildman–Crippen LogP) is 3.31. The number of aromatic nitrogens is 1. The van der Waals surface area contributed by atoms with Crippen LogP contribution in [0.2, 0.25) is 0 Å². The van der Waals surface area contributed by atoms with Gasteiger partial charge in [-0.05, 0) is 23.9 Å². The van der Waals surface area contributed by atoms with Crippen LogP contribution in [-0.2, 0) is 4.74 Å². The van der Waals surface area contributed by atoms with Gasteiger partial charge in [0.2, 0.25) is 0 Å². The van der Waals surface area contributed by atoms with Gasteiger partial charge in [0.1, 0.15) is 11.9 Å². The van der Waals surface area contributed by atoms with E-state index in [1.807, 2.05) is 17.5 Å². The number of carbonyl (C=O) groups is 1. The number of thiophene rings is 2. The zero-order valence-corrected chi connectivity index (χ0v) is 14.7. The van der Waals surface area contributed by atoms with Gasteiger partial charge >= 0.3 is 0 Å². The lowest BCUT2D eigenvalue weighted by Gasteiger charge is -2.09. The molecule has 3 aromatic heterocycles. The minimum absolute atomic E-state index is 0.102. The van der Waals surface area contributed by atoms with Crippen molar-refractivity contribution in [2.45, 2.75) is 12.5 Å². The summed E-state index contributed by atoms with van der Waals surface area (Å²) in [6, 6.07) is 6.29. The van der Waals surface area contributed by atoms with Gasteiger partial charge in [-0.15, -0.1) is 22.7 Å². The molecular formula is C17H14N4O2S2. The molecule has 2 atom stereocenters. The van der Waals surface area contributed by atoms with E-state index in [4.69, 9.17) is 16.2 Å². The van der Waals surface area contributed by atoms with Crippen molar-refractivity contribution in [1.82, 2.24) is 4.98 Å². The summed E-state index contributed by atoms with van der Waals surface area (Å²) in [4.78, 5) is 17.7. The average molecular weight is 370 g/mol. The number of anilines is 1. The van der Waals surface area contributed by atoms with Crippen molar-refractivity contribution in [3.05, 3.63) is 34.2 Å². The largest absolute Gasteiger partial charge is 0.383 e. The molecule has 0 aromatic carbocycles. The average Bonchev–Trinajstić information content (AvgIpc) is 3.32. The fraction of sp³-hybridized carbons (Fsp3) is 0.235. The molecule has 8 heteroatoms. The predicted molar refractivity (Wildman–Crippen MR) is 98.3 cm³/mol. The van der Waals surface area contributed by atoms with Gasteiger partial charge in [-0.25, -0.2) is 4.98 Å². The van der Waals surface area contributed by atoms with Gasteiger partial charge in [0, 0.05) is 33.5 Å². The van der Waals surface area contributed by atoms with E-state index in [0.717, 1.165) is 31.8 Å². The van der Waals surface area contributed by atoms with Crippen LogP contribution in [0.3, 0.4) is 0 Å². The third-order valence-corrected chi connectivity index (χ3v) is 6.50. The first-order valence-electron chi connectivity index (χ1n) is 7.66. The Kier molecular flexibility index (Phi) is 3.92. The lowest BCUT2D eigenvalue weighted by Crippen LogP contribution is -2.11. The molecule has 1 aliphatic heterocycles. The van der Waals surface area contributed by atoms with Gasteiger partial charge in [0.25, 0.3) is 5.91 Å². The summed E-state index contributed by atoms with van der Waals surface area (Å²) < 4.78 is 6.47. The number of primary amides is 1. The Morgan fingerprint density at radius 1 is 1.44 bits per heavy atom. The fourth-order valence-electron chi connectivity index (χ4n) is 2.99. The Labute approximate surface area is 151 Å². The van der Waals surface area contributed by atoms with Crippen LogP contribution in [-0.4, -0.2) is 17.5 Å². The first kappa shape index (κ1) is 16.0. The molecule has 4 heterocycles. The molecule has 2 unspecified atom stereocenters. The van der Waals surface area contributed by atoms with E-state index < -0.39 is 5.91 Å². The number of nitrogen functional groups attached to an aromatic ring is 1. The van der Waals surface area contributed by atoms with Crippen molar-refractivity contribution in [3.63, 3.8) is 0 Å². The van der Waals surface area contributed by atoms with Crippen LogP contribution < -0.4 is 11.5 Å². The fourth-order valence-corrected chi connectivity index (χ4v) is 5.26. The third kappa shape index (κ3) is 2.66.